The molecule has 0 aliphatic rings. The normalized spacial score (nSPS) is 11.8. The lowest BCUT2D eigenvalue weighted by atomic mass is 10.1. The highest BCUT2D eigenvalue weighted by Gasteiger charge is 2.23. The van der Waals surface area contributed by atoms with E-state index < -0.39 is 23.9 Å². The van der Waals surface area contributed by atoms with Gasteiger partial charge in [0, 0.05) is 11.3 Å². The van der Waals surface area contributed by atoms with Crippen molar-refractivity contribution in [3.05, 3.63) is 29.8 Å². The molecule has 3 amide bonds. The van der Waals surface area contributed by atoms with Crippen LogP contribution in [0.15, 0.2) is 24.3 Å². The van der Waals surface area contributed by atoms with Crippen molar-refractivity contribution < 1.29 is 19.5 Å². The highest BCUT2D eigenvalue weighted by molar-refractivity contribution is 5.95. The number of primary amides is 1. The summed E-state index contributed by atoms with van der Waals surface area (Å²) in [6.07, 6.45) is 0. The van der Waals surface area contributed by atoms with Gasteiger partial charge in [-0.3, -0.25) is 4.79 Å². The van der Waals surface area contributed by atoms with Gasteiger partial charge in [-0.15, -0.1) is 0 Å². The molecule has 20 heavy (non-hydrogen) atoms. The SMILES string of the molecule is CC(C)[C@H](NC(=O)Nc1ccc(C(N)=O)cc1)C(=O)O. The Labute approximate surface area is 116 Å². The molecule has 108 valence electrons. The van der Waals surface area contributed by atoms with Gasteiger partial charge in [0.1, 0.15) is 6.04 Å². The molecular formula is C13H17N3O4. The Morgan fingerprint density at radius 2 is 1.70 bits per heavy atom. The van der Waals surface area contributed by atoms with E-state index in [1.807, 2.05) is 0 Å². The highest BCUT2D eigenvalue weighted by atomic mass is 16.4. The third-order valence-electron chi connectivity index (χ3n) is 2.65. The maximum Gasteiger partial charge on any atom is 0.326 e. The van der Waals surface area contributed by atoms with Crippen molar-refractivity contribution in [1.29, 1.82) is 0 Å². The summed E-state index contributed by atoms with van der Waals surface area (Å²) in [5, 5.41) is 13.8. The van der Waals surface area contributed by atoms with Crippen molar-refractivity contribution in [3.8, 4) is 0 Å². The maximum atomic E-state index is 11.7. The number of carboxylic acid groups (broad SMARTS) is 1. The van der Waals surface area contributed by atoms with Crippen LogP contribution in [0.25, 0.3) is 0 Å². The molecule has 0 unspecified atom stereocenters. The molecule has 0 saturated carbocycles. The van der Waals surface area contributed by atoms with Crippen LogP contribution in [0.5, 0.6) is 0 Å². The molecule has 5 N–H and O–H groups in total. The molecule has 7 heteroatoms. The zero-order valence-electron chi connectivity index (χ0n) is 11.2. The molecule has 0 aliphatic carbocycles. The number of rotatable bonds is 5. The van der Waals surface area contributed by atoms with Crippen LogP contribution in [0.3, 0.4) is 0 Å². The zero-order chi connectivity index (χ0) is 15.3. The zero-order valence-corrected chi connectivity index (χ0v) is 11.2. The van der Waals surface area contributed by atoms with Gasteiger partial charge in [0.25, 0.3) is 0 Å². The number of carboxylic acids is 1. The van der Waals surface area contributed by atoms with Crippen LogP contribution >= 0.6 is 0 Å². The number of aliphatic carboxylic acids is 1. The maximum absolute atomic E-state index is 11.7. The number of hydrogen-bond donors (Lipinski definition) is 4. The molecule has 0 bridgehead atoms. The first-order chi connectivity index (χ1) is 9.31. The summed E-state index contributed by atoms with van der Waals surface area (Å²) < 4.78 is 0. The second-order valence-electron chi connectivity index (χ2n) is 4.60. The number of urea groups is 1. The second kappa shape index (κ2) is 6.55. The summed E-state index contributed by atoms with van der Waals surface area (Å²) in [5.74, 6) is -1.90. The number of nitrogens with two attached hydrogens (primary N) is 1. The quantitative estimate of drug-likeness (QED) is 0.642. The highest BCUT2D eigenvalue weighted by Crippen LogP contribution is 2.09. The standard InChI is InChI=1S/C13H17N3O4/c1-7(2)10(12(18)19)16-13(20)15-9-5-3-8(4-6-9)11(14)17/h3-7,10H,1-2H3,(H2,14,17)(H,18,19)(H2,15,16,20)/t10-/m0/s1. The molecule has 0 radical (unpaired) electrons. The lowest BCUT2D eigenvalue weighted by Crippen LogP contribution is -2.46. The monoisotopic (exact) mass is 279 g/mol. The van der Waals surface area contributed by atoms with Gasteiger partial charge < -0.3 is 21.5 Å². The van der Waals surface area contributed by atoms with Crippen LogP contribution in [0, 0.1) is 5.92 Å². The van der Waals surface area contributed by atoms with E-state index in [-0.39, 0.29) is 5.92 Å². The number of benzene rings is 1. The number of amides is 3. The molecule has 1 aromatic rings. The number of carbonyl (C=O) groups is 3. The molecule has 0 spiro atoms. The summed E-state index contributed by atoms with van der Waals surface area (Å²) in [6.45, 7) is 3.39. The molecule has 1 atom stereocenters. The predicted octanol–water partition coefficient (Wildman–Crippen LogP) is 1.02. The van der Waals surface area contributed by atoms with Gasteiger partial charge in [-0.05, 0) is 30.2 Å². The number of nitrogens with one attached hydrogen (secondary N) is 2. The van der Waals surface area contributed by atoms with E-state index in [4.69, 9.17) is 10.8 Å². The van der Waals surface area contributed by atoms with Gasteiger partial charge in [0.2, 0.25) is 5.91 Å². The van der Waals surface area contributed by atoms with Crippen molar-refractivity contribution in [2.75, 3.05) is 5.32 Å². The van der Waals surface area contributed by atoms with Crippen LogP contribution in [0.4, 0.5) is 10.5 Å². The summed E-state index contributed by atoms with van der Waals surface area (Å²) in [5.41, 5.74) is 5.85. The Hall–Kier alpha value is -2.57. The molecule has 1 aromatic carbocycles. The molecule has 0 aliphatic heterocycles. The fraction of sp³-hybridized carbons (Fsp3) is 0.308. The molecule has 0 saturated heterocycles. The van der Waals surface area contributed by atoms with Gasteiger partial charge in [-0.1, -0.05) is 13.8 Å². The fourth-order valence-corrected chi connectivity index (χ4v) is 1.54. The Bertz CT molecular complexity index is 511. The first-order valence-corrected chi connectivity index (χ1v) is 6.01. The first kappa shape index (κ1) is 15.5. The molecular weight excluding hydrogens is 262 g/mol. The largest absolute Gasteiger partial charge is 0.480 e. The van der Waals surface area contributed by atoms with Crippen LogP contribution < -0.4 is 16.4 Å². The van der Waals surface area contributed by atoms with Gasteiger partial charge >= 0.3 is 12.0 Å². The van der Waals surface area contributed by atoms with Crippen LogP contribution in [-0.4, -0.2) is 29.1 Å². The minimum atomic E-state index is -1.10. The van der Waals surface area contributed by atoms with Crippen molar-refractivity contribution in [2.24, 2.45) is 11.7 Å². The van der Waals surface area contributed by atoms with Gasteiger partial charge in [-0.2, -0.15) is 0 Å². The second-order valence-corrected chi connectivity index (χ2v) is 4.60. The third-order valence-corrected chi connectivity index (χ3v) is 2.65. The molecule has 0 heterocycles. The Kier molecular flexibility index (Phi) is 5.08. The topological polar surface area (TPSA) is 122 Å². The van der Waals surface area contributed by atoms with E-state index in [0.29, 0.717) is 11.3 Å². The van der Waals surface area contributed by atoms with Gasteiger partial charge in [0.05, 0.1) is 0 Å². The van der Waals surface area contributed by atoms with E-state index in [0.717, 1.165) is 0 Å². The van der Waals surface area contributed by atoms with Crippen molar-refractivity contribution in [1.82, 2.24) is 5.32 Å². The summed E-state index contributed by atoms with van der Waals surface area (Å²) >= 11 is 0. The van der Waals surface area contributed by atoms with Crippen LogP contribution in [0.2, 0.25) is 0 Å². The molecule has 1 rings (SSSR count). The lowest BCUT2D eigenvalue weighted by molar-refractivity contribution is -0.140. The van der Waals surface area contributed by atoms with Crippen molar-refractivity contribution >= 4 is 23.6 Å². The number of carbonyl (C=O) groups excluding carboxylic acids is 2. The molecule has 0 fully saturated rings. The molecule has 0 aromatic heterocycles. The lowest BCUT2D eigenvalue weighted by Gasteiger charge is -2.18. The average molecular weight is 279 g/mol. The summed E-state index contributed by atoms with van der Waals surface area (Å²) in [7, 11) is 0. The van der Waals surface area contributed by atoms with E-state index in [9.17, 15) is 14.4 Å². The van der Waals surface area contributed by atoms with E-state index in [1.165, 1.54) is 24.3 Å². The Morgan fingerprint density at radius 3 is 2.10 bits per heavy atom. The smallest absolute Gasteiger partial charge is 0.326 e. The number of anilines is 1. The van der Waals surface area contributed by atoms with Gasteiger partial charge in [0.15, 0.2) is 0 Å². The van der Waals surface area contributed by atoms with E-state index in [2.05, 4.69) is 10.6 Å². The Balaban J connectivity index is 2.66. The third kappa shape index (κ3) is 4.27. The Morgan fingerprint density at radius 1 is 1.15 bits per heavy atom. The fourth-order valence-electron chi connectivity index (χ4n) is 1.54. The van der Waals surface area contributed by atoms with E-state index in [1.54, 1.807) is 13.8 Å². The first-order valence-electron chi connectivity index (χ1n) is 6.01. The summed E-state index contributed by atoms with van der Waals surface area (Å²) in [6, 6.07) is 4.34. The number of hydrogen-bond acceptors (Lipinski definition) is 3. The van der Waals surface area contributed by atoms with Gasteiger partial charge in [-0.25, -0.2) is 9.59 Å². The van der Waals surface area contributed by atoms with Crippen LogP contribution in [0.1, 0.15) is 24.2 Å². The summed E-state index contributed by atoms with van der Waals surface area (Å²) in [4.78, 5) is 33.5. The minimum absolute atomic E-state index is 0.240. The van der Waals surface area contributed by atoms with E-state index >= 15 is 0 Å². The van der Waals surface area contributed by atoms with Crippen LogP contribution in [-0.2, 0) is 4.79 Å². The average Bonchev–Trinajstić information content (AvgIpc) is 2.35. The minimum Gasteiger partial charge on any atom is -0.480 e. The van der Waals surface area contributed by atoms with Crippen molar-refractivity contribution in [3.63, 3.8) is 0 Å². The predicted molar refractivity (Wildman–Crippen MR) is 73.4 cm³/mol. The van der Waals surface area contributed by atoms with Crippen molar-refractivity contribution in [2.45, 2.75) is 19.9 Å². The molecule has 7 nitrogen and oxygen atoms in total.